The maximum Gasteiger partial charge on any atom is 0.0948 e. The van der Waals surface area contributed by atoms with Crippen LogP contribution in [0.25, 0.3) is 0 Å². The lowest BCUT2D eigenvalue weighted by Gasteiger charge is -2.34. The lowest BCUT2D eigenvalue weighted by atomic mass is 9.73. The molecule has 2 saturated carbocycles. The summed E-state index contributed by atoms with van der Waals surface area (Å²) in [7, 11) is 0. The van der Waals surface area contributed by atoms with Crippen molar-refractivity contribution in [1.29, 1.82) is 0 Å². The van der Waals surface area contributed by atoms with Crippen LogP contribution in [0.1, 0.15) is 64.0 Å². The summed E-state index contributed by atoms with van der Waals surface area (Å²) in [5.41, 5.74) is 2.08. The predicted molar refractivity (Wildman–Crippen MR) is 69.9 cm³/mol. The Morgan fingerprint density at radius 3 is 2.59 bits per heavy atom. The lowest BCUT2D eigenvalue weighted by molar-refractivity contribution is 0.178. The quantitative estimate of drug-likeness (QED) is 0.771. The number of aromatic nitrogens is 2. The van der Waals surface area contributed by atoms with Crippen LogP contribution in [0.3, 0.4) is 0 Å². The summed E-state index contributed by atoms with van der Waals surface area (Å²) in [5.74, 6) is 1.72. The Labute approximate surface area is 104 Å². The zero-order valence-corrected chi connectivity index (χ0v) is 11.2. The van der Waals surface area contributed by atoms with E-state index in [1.165, 1.54) is 50.8 Å². The molecule has 94 valence electrons. The third-order valence-electron chi connectivity index (χ3n) is 4.65. The van der Waals surface area contributed by atoms with Gasteiger partial charge in [-0.05, 0) is 49.9 Å². The van der Waals surface area contributed by atoms with Gasteiger partial charge in [-0.2, -0.15) is 0 Å². The molecule has 1 aromatic heterocycles. The molecule has 0 aliphatic heterocycles. The van der Waals surface area contributed by atoms with Gasteiger partial charge in [0.15, 0.2) is 0 Å². The molecule has 3 rings (SSSR count). The number of hydrogen-bond donors (Lipinski definition) is 0. The van der Waals surface area contributed by atoms with E-state index in [1.807, 2.05) is 6.33 Å². The standard InChI is InChI=1S/C15H24N2/c1-15(2)7-5-12(6-8-15)10-17-11-16-9-14(17)13-3-4-13/h9,11-13H,3-8,10H2,1-2H3. The van der Waals surface area contributed by atoms with E-state index in [4.69, 9.17) is 0 Å². The second-order valence-electron chi connectivity index (χ2n) is 6.85. The fourth-order valence-corrected chi connectivity index (χ4v) is 3.12. The molecule has 17 heavy (non-hydrogen) atoms. The van der Waals surface area contributed by atoms with Crippen LogP contribution in [0.2, 0.25) is 0 Å². The average molecular weight is 232 g/mol. The molecule has 0 aromatic carbocycles. The van der Waals surface area contributed by atoms with Crippen molar-refractivity contribution in [2.75, 3.05) is 0 Å². The van der Waals surface area contributed by atoms with Crippen LogP contribution in [0, 0.1) is 11.3 Å². The minimum Gasteiger partial charge on any atom is -0.334 e. The predicted octanol–water partition coefficient (Wildman–Crippen LogP) is 3.98. The van der Waals surface area contributed by atoms with Crippen LogP contribution in [0.5, 0.6) is 0 Å². The normalized spacial score (nSPS) is 25.1. The van der Waals surface area contributed by atoms with Gasteiger partial charge >= 0.3 is 0 Å². The fraction of sp³-hybridized carbons (Fsp3) is 0.800. The fourth-order valence-electron chi connectivity index (χ4n) is 3.12. The first-order valence-corrected chi connectivity index (χ1v) is 7.14. The zero-order valence-electron chi connectivity index (χ0n) is 11.2. The summed E-state index contributed by atoms with van der Waals surface area (Å²) in [6.07, 6.45) is 12.5. The third-order valence-corrected chi connectivity index (χ3v) is 4.65. The summed E-state index contributed by atoms with van der Waals surface area (Å²) in [6.45, 7) is 6.04. The van der Waals surface area contributed by atoms with Gasteiger partial charge in [0.25, 0.3) is 0 Å². The first-order valence-electron chi connectivity index (χ1n) is 7.14. The first-order chi connectivity index (χ1) is 8.14. The Hall–Kier alpha value is -0.790. The van der Waals surface area contributed by atoms with Crippen molar-refractivity contribution in [3.05, 3.63) is 18.2 Å². The van der Waals surface area contributed by atoms with Crippen molar-refractivity contribution in [3.63, 3.8) is 0 Å². The van der Waals surface area contributed by atoms with Crippen LogP contribution in [-0.4, -0.2) is 9.55 Å². The van der Waals surface area contributed by atoms with E-state index in [0.717, 1.165) is 11.8 Å². The highest BCUT2D eigenvalue weighted by Gasteiger charge is 2.30. The van der Waals surface area contributed by atoms with E-state index < -0.39 is 0 Å². The third kappa shape index (κ3) is 2.56. The van der Waals surface area contributed by atoms with Crippen LogP contribution in [0.15, 0.2) is 12.5 Å². The van der Waals surface area contributed by atoms with Gasteiger partial charge in [0.1, 0.15) is 0 Å². The second-order valence-corrected chi connectivity index (χ2v) is 6.85. The Morgan fingerprint density at radius 1 is 1.24 bits per heavy atom. The molecular weight excluding hydrogens is 208 g/mol. The largest absolute Gasteiger partial charge is 0.334 e. The number of imidazole rings is 1. The van der Waals surface area contributed by atoms with Crippen molar-refractivity contribution in [2.45, 2.75) is 64.8 Å². The summed E-state index contributed by atoms with van der Waals surface area (Å²) >= 11 is 0. The van der Waals surface area contributed by atoms with Crippen molar-refractivity contribution < 1.29 is 0 Å². The van der Waals surface area contributed by atoms with E-state index >= 15 is 0 Å². The Morgan fingerprint density at radius 2 is 1.94 bits per heavy atom. The number of nitrogens with zero attached hydrogens (tertiary/aromatic N) is 2. The van der Waals surface area contributed by atoms with Crippen molar-refractivity contribution in [1.82, 2.24) is 9.55 Å². The van der Waals surface area contributed by atoms with E-state index in [9.17, 15) is 0 Å². The molecular formula is C15H24N2. The van der Waals surface area contributed by atoms with Crippen molar-refractivity contribution in [2.24, 2.45) is 11.3 Å². The smallest absolute Gasteiger partial charge is 0.0948 e. The molecule has 0 atom stereocenters. The van der Waals surface area contributed by atoms with Gasteiger partial charge in [-0.3, -0.25) is 0 Å². The van der Waals surface area contributed by atoms with Crippen LogP contribution in [-0.2, 0) is 6.54 Å². The molecule has 2 aliphatic rings. The highest BCUT2D eigenvalue weighted by atomic mass is 15.1. The van der Waals surface area contributed by atoms with Gasteiger partial charge < -0.3 is 4.57 Å². The topological polar surface area (TPSA) is 17.8 Å². The zero-order chi connectivity index (χ0) is 11.9. The molecule has 0 bridgehead atoms. The van der Waals surface area contributed by atoms with Gasteiger partial charge in [0, 0.05) is 24.4 Å². The molecule has 0 amide bonds. The van der Waals surface area contributed by atoms with Gasteiger partial charge in [-0.15, -0.1) is 0 Å². The molecule has 0 unspecified atom stereocenters. The summed E-state index contributed by atoms with van der Waals surface area (Å²) < 4.78 is 2.43. The summed E-state index contributed by atoms with van der Waals surface area (Å²) in [4.78, 5) is 4.34. The van der Waals surface area contributed by atoms with Gasteiger partial charge in [0.05, 0.1) is 6.33 Å². The molecule has 0 saturated heterocycles. The molecule has 0 radical (unpaired) electrons. The Kier molecular flexibility index (Phi) is 2.76. The van der Waals surface area contributed by atoms with Crippen molar-refractivity contribution in [3.8, 4) is 0 Å². The highest BCUT2D eigenvalue weighted by molar-refractivity contribution is 5.12. The van der Waals surface area contributed by atoms with Gasteiger partial charge in [-0.1, -0.05) is 13.8 Å². The summed E-state index contributed by atoms with van der Waals surface area (Å²) in [5, 5.41) is 0. The highest BCUT2D eigenvalue weighted by Crippen LogP contribution is 2.41. The van der Waals surface area contributed by atoms with E-state index in [0.29, 0.717) is 5.41 Å². The molecule has 2 heteroatoms. The van der Waals surface area contributed by atoms with Crippen molar-refractivity contribution >= 4 is 0 Å². The Balaban J connectivity index is 1.61. The maximum absolute atomic E-state index is 4.34. The minimum absolute atomic E-state index is 0.588. The molecule has 0 N–H and O–H groups in total. The molecule has 2 aliphatic carbocycles. The van der Waals surface area contributed by atoms with Crippen LogP contribution in [0.4, 0.5) is 0 Å². The number of rotatable bonds is 3. The van der Waals surface area contributed by atoms with E-state index in [1.54, 1.807) is 0 Å². The lowest BCUT2D eigenvalue weighted by Crippen LogP contribution is -2.24. The van der Waals surface area contributed by atoms with E-state index in [-0.39, 0.29) is 0 Å². The van der Waals surface area contributed by atoms with Crippen LogP contribution >= 0.6 is 0 Å². The maximum atomic E-state index is 4.34. The molecule has 0 spiro atoms. The molecule has 1 heterocycles. The molecule has 2 nitrogen and oxygen atoms in total. The van der Waals surface area contributed by atoms with Gasteiger partial charge in [0.2, 0.25) is 0 Å². The first kappa shape index (κ1) is 11.3. The summed E-state index contributed by atoms with van der Waals surface area (Å²) in [6, 6.07) is 0. The average Bonchev–Trinajstić information content (AvgIpc) is 3.03. The molecule has 1 aromatic rings. The van der Waals surface area contributed by atoms with Crippen LogP contribution < -0.4 is 0 Å². The SMILES string of the molecule is CC1(C)CCC(Cn2cncc2C2CC2)CC1. The number of hydrogen-bond acceptors (Lipinski definition) is 1. The Bertz CT molecular complexity index is 377. The molecule has 2 fully saturated rings. The van der Waals surface area contributed by atoms with E-state index in [2.05, 4.69) is 29.6 Å². The second kappa shape index (κ2) is 4.15. The monoisotopic (exact) mass is 232 g/mol. The minimum atomic E-state index is 0.588. The van der Waals surface area contributed by atoms with Gasteiger partial charge in [-0.25, -0.2) is 4.98 Å².